The fourth-order valence-electron chi connectivity index (χ4n) is 5.33. The van der Waals surface area contributed by atoms with E-state index in [1.54, 1.807) is 0 Å². The van der Waals surface area contributed by atoms with Crippen molar-refractivity contribution < 1.29 is 63.4 Å². The number of fused-ring (bicyclic) bond motifs is 2. The summed E-state index contributed by atoms with van der Waals surface area (Å²) in [5.74, 6) is -3.92. The summed E-state index contributed by atoms with van der Waals surface area (Å²) in [6.07, 6.45) is 0.989. The molecule has 0 aliphatic heterocycles. The number of nitrogens with two attached hydrogens (primary N) is 2. The zero-order valence-corrected chi connectivity index (χ0v) is 28.9. The minimum atomic E-state index is -5.18. The van der Waals surface area contributed by atoms with Crippen molar-refractivity contribution in [1.82, 2.24) is 10.0 Å². The van der Waals surface area contributed by atoms with Gasteiger partial charge in [-0.15, -0.1) is 0 Å². The molecule has 21 heteroatoms. The van der Waals surface area contributed by atoms with Crippen molar-refractivity contribution in [2.24, 2.45) is 0 Å². The number of anilines is 2. The van der Waals surface area contributed by atoms with Crippen molar-refractivity contribution in [3.63, 3.8) is 0 Å². The van der Waals surface area contributed by atoms with E-state index in [9.17, 15) is 49.3 Å². The van der Waals surface area contributed by atoms with Crippen molar-refractivity contribution in [3.8, 4) is 11.1 Å². The van der Waals surface area contributed by atoms with Crippen molar-refractivity contribution in [2.45, 2.75) is 41.9 Å². The van der Waals surface area contributed by atoms with Crippen molar-refractivity contribution >= 4 is 81.4 Å². The molecular weight excluding hydrogens is 737 g/mol. The molecule has 18 nitrogen and oxygen atoms in total. The van der Waals surface area contributed by atoms with Gasteiger partial charge in [-0.05, 0) is 61.2 Å². The maximum absolute atomic E-state index is 13.6. The first-order valence-corrected chi connectivity index (χ1v) is 19.5. The zero-order chi connectivity index (χ0) is 37.9. The van der Waals surface area contributed by atoms with Gasteiger partial charge in [0.2, 0.25) is 9.79 Å². The Hall–Kier alpha value is -4.93. The number of carboxylic acid groups (broad SMARTS) is 2. The molecule has 4 aromatic rings. The Morgan fingerprint density at radius 2 is 1.35 bits per heavy atom. The molecule has 0 saturated heterocycles. The quantitative estimate of drug-likeness (QED) is 0.0267. The molecule has 1 heterocycles. The fourth-order valence-corrected chi connectivity index (χ4v) is 7.92. The number of nitrogens with one attached hydrogen (secondary N) is 2. The maximum Gasteiger partial charge on any atom is 0.384 e. The Kier molecular flexibility index (Phi) is 11.5. The van der Waals surface area contributed by atoms with E-state index in [0.29, 0.717) is 19.3 Å². The first kappa shape index (κ1) is 38.9. The van der Waals surface area contributed by atoms with E-state index < -0.39 is 98.3 Å². The van der Waals surface area contributed by atoms with Crippen LogP contribution in [0.5, 0.6) is 0 Å². The standard InChI is InChI=1S/C30H32N4O14S3/c31-21-10-8-18-24(17-7-6-16(15-20(17)30(38)39)29(37)33-12-3-1-2-5-23(35)36)19-9-11-22(32)28(51(45,46)47)26(19)48-25(18)27(21)50(43,44)34-13-4-14-49(40,41)42/h6-11,15,34H,1-5,12-14,31-32H2,(H4-,33,35,36,37,38,39,40,41,42,45,46,47)/p+1. The minimum absolute atomic E-state index is 0.0284. The van der Waals surface area contributed by atoms with E-state index in [4.69, 9.17) is 25.5 Å². The highest BCUT2D eigenvalue weighted by Crippen LogP contribution is 2.44. The highest BCUT2D eigenvalue weighted by atomic mass is 32.2. The molecular formula is C30H33N4O14S3+. The van der Waals surface area contributed by atoms with E-state index >= 15 is 0 Å². The molecule has 1 amide bonds. The number of aromatic carboxylic acids is 1. The number of carbonyl (C=O) groups excluding carboxylic acids is 1. The number of unbranched alkanes of at least 4 members (excludes halogenated alkanes) is 2. The molecule has 0 saturated carbocycles. The first-order valence-electron chi connectivity index (χ1n) is 14.9. The molecule has 274 valence electrons. The molecule has 0 bridgehead atoms. The molecule has 10 N–H and O–H groups in total. The van der Waals surface area contributed by atoms with Gasteiger partial charge in [-0.3, -0.25) is 18.7 Å². The van der Waals surface area contributed by atoms with Gasteiger partial charge in [0.05, 0.1) is 33.5 Å². The maximum atomic E-state index is 13.6. The smallest absolute Gasteiger partial charge is 0.384 e. The van der Waals surface area contributed by atoms with E-state index in [-0.39, 0.29) is 46.8 Å². The molecule has 1 aromatic heterocycles. The fraction of sp³-hybridized carbons (Fsp3) is 0.267. The summed E-state index contributed by atoms with van der Waals surface area (Å²) in [5, 5.41) is 21.4. The van der Waals surface area contributed by atoms with Crippen LogP contribution in [-0.2, 0) is 35.1 Å². The van der Waals surface area contributed by atoms with Gasteiger partial charge in [0.1, 0.15) is 0 Å². The van der Waals surface area contributed by atoms with Gasteiger partial charge >= 0.3 is 33.2 Å². The van der Waals surface area contributed by atoms with Crippen molar-refractivity contribution in [2.75, 3.05) is 30.3 Å². The summed E-state index contributed by atoms with van der Waals surface area (Å²) in [4.78, 5) is 34.6. The van der Waals surface area contributed by atoms with Crippen molar-refractivity contribution in [3.05, 3.63) is 53.6 Å². The molecule has 0 radical (unpaired) electrons. The van der Waals surface area contributed by atoms with Crippen LogP contribution in [0, 0.1) is 0 Å². The van der Waals surface area contributed by atoms with Gasteiger partial charge < -0.3 is 27.0 Å². The number of carboxylic acids is 2. The summed E-state index contributed by atoms with van der Waals surface area (Å²) < 4.78 is 102. The van der Waals surface area contributed by atoms with E-state index in [2.05, 4.69) is 10.0 Å². The predicted molar refractivity (Wildman–Crippen MR) is 184 cm³/mol. The lowest BCUT2D eigenvalue weighted by Crippen LogP contribution is -2.27. The summed E-state index contributed by atoms with van der Waals surface area (Å²) in [6, 6.07) is 8.34. The number of rotatable bonds is 16. The van der Waals surface area contributed by atoms with Gasteiger partial charge in [-0.1, -0.05) is 12.5 Å². The number of hydrogen-bond donors (Lipinski definition) is 8. The summed E-state index contributed by atoms with van der Waals surface area (Å²) in [5.41, 5.74) is 8.95. The van der Waals surface area contributed by atoms with Gasteiger partial charge in [-0.25, -0.2) is 22.4 Å². The monoisotopic (exact) mass is 769 g/mol. The molecule has 0 fully saturated rings. The first-order chi connectivity index (χ1) is 23.7. The second-order valence-electron chi connectivity index (χ2n) is 11.2. The molecule has 0 spiro atoms. The Morgan fingerprint density at radius 1 is 0.745 bits per heavy atom. The van der Waals surface area contributed by atoms with Crippen LogP contribution in [0.15, 0.2) is 56.7 Å². The molecule has 4 rings (SSSR count). The zero-order valence-electron chi connectivity index (χ0n) is 26.4. The molecule has 0 aliphatic carbocycles. The summed E-state index contributed by atoms with van der Waals surface area (Å²) >= 11 is 0. The molecule has 0 atom stereocenters. The summed E-state index contributed by atoms with van der Waals surface area (Å²) in [7, 11) is -14.3. The Labute approximate surface area is 291 Å². The molecule has 3 aromatic carbocycles. The molecule has 0 aliphatic rings. The molecule has 51 heavy (non-hydrogen) atoms. The predicted octanol–water partition coefficient (Wildman–Crippen LogP) is 2.57. The third-order valence-corrected chi connectivity index (χ3v) is 10.8. The number of aliphatic carboxylic acids is 1. The lowest BCUT2D eigenvalue weighted by Gasteiger charge is -2.14. The number of sulfonamides is 1. The Morgan fingerprint density at radius 3 is 1.92 bits per heavy atom. The van der Waals surface area contributed by atoms with Crippen LogP contribution >= 0.6 is 0 Å². The van der Waals surface area contributed by atoms with Crippen molar-refractivity contribution in [1.29, 1.82) is 0 Å². The average Bonchev–Trinajstić information content (AvgIpc) is 3.01. The largest absolute Gasteiger partial charge is 0.481 e. The van der Waals surface area contributed by atoms with Gasteiger partial charge in [0.25, 0.3) is 26.0 Å². The number of hydrogen-bond acceptors (Lipinski definition) is 11. The number of amides is 1. The lowest BCUT2D eigenvalue weighted by molar-refractivity contribution is -0.137. The second kappa shape index (κ2) is 15.1. The lowest BCUT2D eigenvalue weighted by atomic mass is 9.92. The number of nitrogen functional groups attached to an aromatic ring is 2. The van der Waals surface area contributed by atoms with Crippen LogP contribution in [0.4, 0.5) is 11.4 Å². The average molecular weight is 770 g/mol. The van der Waals surface area contributed by atoms with Gasteiger partial charge in [0, 0.05) is 30.6 Å². The van der Waals surface area contributed by atoms with Crippen LogP contribution in [-0.4, -0.2) is 81.3 Å². The van der Waals surface area contributed by atoms with E-state index in [1.165, 1.54) is 24.3 Å². The van der Waals surface area contributed by atoms with Crippen LogP contribution in [0.1, 0.15) is 52.8 Å². The second-order valence-corrected chi connectivity index (χ2v) is 15.9. The van der Waals surface area contributed by atoms with Gasteiger partial charge in [-0.2, -0.15) is 16.8 Å². The van der Waals surface area contributed by atoms with Crippen LogP contribution in [0.3, 0.4) is 0 Å². The van der Waals surface area contributed by atoms with Crippen LogP contribution < -0.4 is 21.5 Å². The van der Waals surface area contributed by atoms with Crippen LogP contribution in [0.2, 0.25) is 0 Å². The topological polar surface area (TPSA) is 322 Å². The highest BCUT2D eigenvalue weighted by Gasteiger charge is 2.36. The SMILES string of the molecule is Nc1ccc2c(-c3ccc(C(=O)NCCCCCC(=O)O)cc3C(=O)O)c3ccc(N)c(S(=O)(=O)NCCCS(=O)(=O)O)c3[o+]c2c1S(=O)(=O)O. The van der Waals surface area contributed by atoms with E-state index in [1.807, 2.05) is 0 Å². The normalized spacial score (nSPS) is 12.3. The minimum Gasteiger partial charge on any atom is -0.481 e. The van der Waals surface area contributed by atoms with E-state index in [0.717, 1.165) is 18.2 Å². The number of carbonyl (C=O) groups is 3. The summed E-state index contributed by atoms with van der Waals surface area (Å²) in [6.45, 7) is -0.336. The Bertz CT molecular complexity index is 2400. The number of benzene rings is 3. The third kappa shape index (κ3) is 9.06. The molecule has 0 unspecified atom stereocenters. The van der Waals surface area contributed by atoms with Gasteiger partial charge in [0.15, 0.2) is 0 Å². The Balaban J connectivity index is 1.95. The highest BCUT2D eigenvalue weighted by molar-refractivity contribution is 7.90. The third-order valence-electron chi connectivity index (χ3n) is 7.56. The van der Waals surface area contributed by atoms with Crippen LogP contribution in [0.25, 0.3) is 33.1 Å².